The molecule has 0 N–H and O–H groups in total. The van der Waals surface area contributed by atoms with Crippen LogP contribution < -0.4 is 4.74 Å². The minimum atomic E-state index is -2.87. The molecule has 0 aromatic heterocycles. The number of alkyl halides is 2. The number of ketones is 1. The topological polar surface area (TPSA) is 26.3 Å². The molecule has 0 spiro atoms. The molecule has 0 fully saturated rings. The summed E-state index contributed by atoms with van der Waals surface area (Å²) in [7, 11) is 0. The summed E-state index contributed by atoms with van der Waals surface area (Å²) < 4.78 is 29.1. The maximum Gasteiger partial charge on any atom is 0.387 e. The Labute approximate surface area is 107 Å². The molecular formula is C9H6BrF2IO2. The highest BCUT2D eigenvalue weighted by molar-refractivity contribution is 14.1. The monoisotopic (exact) mass is 390 g/mol. The zero-order chi connectivity index (χ0) is 11.6. The third-order valence-electron chi connectivity index (χ3n) is 1.62. The molecule has 82 valence electrons. The lowest BCUT2D eigenvalue weighted by Crippen LogP contribution is -2.04. The standard InChI is InChI=1S/C9H6BrF2IO2/c1-4(14)5-2-6(10)8(3-7(5)13)15-9(11)12/h2-3,9H,1H3. The first-order valence-corrected chi connectivity index (χ1v) is 5.73. The number of halogens is 4. The summed E-state index contributed by atoms with van der Waals surface area (Å²) in [5.74, 6) is -0.0944. The van der Waals surface area contributed by atoms with Crippen LogP contribution in [0.4, 0.5) is 8.78 Å². The van der Waals surface area contributed by atoms with Gasteiger partial charge in [0.2, 0.25) is 0 Å². The molecule has 0 heterocycles. The summed E-state index contributed by atoms with van der Waals surface area (Å²) in [5.41, 5.74) is 0.476. The summed E-state index contributed by atoms with van der Waals surface area (Å²) in [6.07, 6.45) is 0. The van der Waals surface area contributed by atoms with Gasteiger partial charge in [-0.3, -0.25) is 4.79 Å². The lowest BCUT2D eigenvalue weighted by atomic mass is 10.1. The van der Waals surface area contributed by atoms with Gasteiger partial charge in [-0.15, -0.1) is 0 Å². The second kappa shape index (κ2) is 5.20. The van der Waals surface area contributed by atoms with Crippen molar-refractivity contribution >= 4 is 44.3 Å². The van der Waals surface area contributed by atoms with E-state index in [2.05, 4.69) is 20.7 Å². The van der Waals surface area contributed by atoms with Crippen LogP contribution in [0.25, 0.3) is 0 Å². The van der Waals surface area contributed by atoms with Gasteiger partial charge in [0, 0.05) is 9.13 Å². The van der Waals surface area contributed by atoms with Crippen molar-refractivity contribution in [2.45, 2.75) is 13.5 Å². The smallest absolute Gasteiger partial charge is 0.387 e. The van der Waals surface area contributed by atoms with Crippen molar-refractivity contribution in [1.82, 2.24) is 0 Å². The number of carbonyl (C=O) groups excluding carboxylic acids is 1. The third kappa shape index (κ3) is 3.37. The summed E-state index contributed by atoms with van der Waals surface area (Å²) in [5, 5.41) is 0. The molecule has 0 unspecified atom stereocenters. The van der Waals surface area contributed by atoms with Crippen molar-refractivity contribution in [3.63, 3.8) is 0 Å². The van der Waals surface area contributed by atoms with Gasteiger partial charge in [0.1, 0.15) is 5.75 Å². The molecule has 0 atom stereocenters. The van der Waals surface area contributed by atoms with Crippen LogP contribution in [0, 0.1) is 3.57 Å². The maximum atomic E-state index is 12.0. The average Bonchev–Trinajstić information content (AvgIpc) is 2.09. The Morgan fingerprint density at radius 3 is 2.60 bits per heavy atom. The number of ether oxygens (including phenoxy) is 1. The molecule has 1 rings (SSSR count). The minimum Gasteiger partial charge on any atom is -0.434 e. The minimum absolute atomic E-state index is 0.0272. The lowest BCUT2D eigenvalue weighted by molar-refractivity contribution is -0.0503. The molecule has 1 aromatic carbocycles. The SMILES string of the molecule is CC(=O)c1cc(Br)c(OC(F)F)cc1I. The van der Waals surface area contributed by atoms with Crippen LogP contribution in [0.15, 0.2) is 16.6 Å². The second-order valence-electron chi connectivity index (χ2n) is 2.70. The van der Waals surface area contributed by atoms with Crippen molar-refractivity contribution in [2.24, 2.45) is 0 Å². The fourth-order valence-corrected chi connectivity index (χ4v) is 2.24. The molecule has 6 heteroatoms. The molecule has 1 aromatic rings. The molecule has 0 bridgehead atoms. The summed E-state index contributed by atoms with van der Waals surface area (Å²) >= 11 is 4.96. The van der Waals surface area contributed by atoms with Crippen molar-refractivity contribution < 1.29 is 18.3 Å². The summed E-state index contributed by atoms with van der Waals surface area (Å²) in [6.45, 7) is -1.46. The third-order valence-corrected chi connectivity index (χ3v) is 3.13. The zero-order valence-electron chi connectivity index (χ0n) is 7.56. The van der Waals surface area contributed by atoms with E-state index >= 15 is 0 Å². The van der Waals surface area contributed by atoms with E-state index in [9.17, 15) is 13.6 Å². The Balaban J connectivity index is 3.13. The Morgan fingerprint density at radius 2 is 2.13 bits per heavy atom. The van der Waals surface area contributed by atoms with E-state index in [4.69, 9.17) is 0 Å². The molecule has 0 aliphatic rings. The molecule has 0 radical (unpaired) electrons. The van der Waals surface area contributed by atoms with Crippen molar-refractivity contribution in [1.29, 1.82) is 0 Å². The Morgan fingerprint density at radius 1 is 1.53 bits per heavy atom. The van der Waals surface area contributed by atoms with Gasteiger partial charge in [0.05, 0.1) is 4.47 Å². The highest BCUT2D eigenvalue weighted by Crippen LogP contribution is 2.31. The van der Waals surface area contributed by atoms with Crippen LogP contribution in [0.3, 0.4) is 0 Å². The van der Waals surface area contributed by atoms with Crippen LogP contribution in [-0.4, -0.2) is 12.4 Å². The number of hydrogen-bond acceptors (Lipinski definition) is 2. The fourth-order valence-electron chi connectivity index (χ4n) is 0.985. The predicted molar refractivity (Wildman–Crippen MR) is 63.5 cm³/mol. The van der Waals surface area contributed by atoms with Gasteiger partial charge in [-0.1, -0.05) is 0 Å². The Kier molecular flexibility index (Phi) is 4.45. The van der Waals surface area contributed by atoms with Gasteiger partial charge in [-0.05, 0) is 57.6 Å². The Hall–Kier alpha value is -0.240. The van der Waals surface area contributed by atoms with Crippen molar-refractivity contribution in [3.8, 4) is 5.75 Å². The van der Waals surface area contributed by atoms with Gasteiger partial charge in [-0.2, -0.15) is 8.78 Å². The van der Waals surface area contributed by atoms with E-state index in [1.54, 1.807) is 0 Å². The largest absolute Gasteiger partial charge is 0.434 e. The van der Waals surface area contributed by atoms with Crippen LogP contribution in [0.5, 0.6) is 5.75 Å². The fraction of sp³-hybridized carbons (Fsp3) is 0.222. The molecule has 0 aliphatic carbocycles. The molecule has 15 heavy (non-hydrogen) atoms. The number of hydrogen-bond donors (Lipinski definition) is 0. The predicted octanol–water partition coefficient (Wildman–Crippen LogP) is 3.86. The van der Waals surface area contributed by atoms with Gasteiger partial charge in [-0.25, -0.2) is 0 Å². The zero-order valence-corrected chi connectivity index (χ0v) is 11.3. The van der Waals surface area contributed by atoms with E-state index in [1.807, 2.05) is 22.6 Å². The normalized spacial score (nSPS) is 10.5. The lowest BCUT2D eigenvalue weighted by Gasteiger charge is -2.09. The molecule has 0 saturated heterocycles. The molecule has 0 aliphatic heterocycles. The average molecular weight is 391 g/mol. The summed E-state index contributed by atoms with van der Waals surface area (Å²) in [4.78, 5) is 11.1. The highest BCUT2D eigenvalue weighted by atomic mass is 127. The first-order valence-electron chi connectivity index (χ1n) is 3.86. The van der Waals surface area contributed by atoms with E-state index in [0.29, 0.717) is 13.6 Å². The highest BCUT2D eigenvalue weighted by Gasteiger charge is 2.13. The number of benzene rings is 1. The first-order chi connectivity index (χ1) is 6.91. The van der Waals surface area contributed by atoms with Crippen LogP contribution in [0.1, 0.15) is 17.3 Å². The number of rotatable bonds is 3. The van der Waals surface area contributed by atoms with Crippen LogP contribution in [-0.2, 0) is 0 Å². The quantitative estimate of drug-likeness (QED) is 0.578. The van der Waals surface area contributed by atoms with E-state index < -0.39 is 6.61 Å². The van der Waals surface area contributed by atoms with Gasteiger partial charge in [0.25, 0.3) is 0 Å². The molecular weight excluding hydrogens is 385 g/mol. The molecule has 2 nitrogen and oxygen atoms in total. The molecule has 0 amide bonds. The number of Topliss-reactive ketones (excluding diaryl/α,β-unsaturated/α-hetero) is 1. The number of carbonyl (C=O) groups is 1. The van der Waals surface area contributed by atoms with E-state index in [1.165, 1.54) is 19.1 Å². The van der Waals surface area contributed by atoms with Crippen LogP contribution in [0.2, 0.25) is 0 Å². The second-order valence-corrected chi connectivity index (χ2v) is 4.71. The van der Waals surface area contributed by atoms with E-state index in [-0.39, 0.29) is 11.5 Å². The van der Waals surface area contributed by atoms with Gasteiger partial charge in [0.15, 0.2) is 5.78 Å². The van der Waals surface area contributed by atoms with Gasteiger partial charge >= 0.3 is 6.61 Å². The molecule has 0 saturated carbocycles. The van der Waals surface area contributed by atoms with Crippen molar-refractivity contribution in [3.05, 3.63) is 25.7 Å². The Bertz CT molecular complexity index is 396. The van der Waals surface area contributed by atoms with Crippen molar-refractivity contribution in [2.75, 3.05) is 0 Å². The van der Waals surface area contributed by atoms with Gasteiger partial charge < -0.3 is 4.74 Å². The summed E-state index contributed by atoms with van der Waals surface area (Å²) in [6, 6.07) is 2.87. The maximum absolute atomic E-state index is 12.0. The van der Waals surface area contributed by atoms with E-state index in [0.717, 1.165) is 0 Å². The van der Waals surface area contributed by atoms with Crippen LogP contribution >= 0.6 is 38.5 Å². The first kappa shape index (κ1) is 12.8.